The quantitative estimate of drug-likeness (QED) is 0.730. The Morgan fingerprint density at radius 3 is 2.00 bits per heavy atom. The van der Waals surface area contributed by atoms with Gasteiger partial charge in [0.1, 0.15) is 0 Å². The number of aromatic nitrogens is 1. The molecule has 1 nitrogen and oxygen atoms in total. The van der Waals surface area contributed by atoms with Crippen LogP contribution in [0.3, 0.4) is 0 Å². The lowest BCUT2D eigenvalue weighted by Crippen LogP contribution is -2.15. The zero-order valence-electron chi connectivity index (χ0n) is 12.6. The molecule has 1 heteroatoms. The van der Waals surface area contributed by atoms with Crippen LogP contribution in [0.1, 0.15) is 37.7 Å². The average molecular weight is 253 g/mol. The Hall–Kier alpha value is -1.76. The minimum atomic E-state index is 0.0362. The molecule has 1 heterocycles. The molecular formula is C18H23N. The van der Waals surface area contributed by atoms with Crippen LogP contribution in [0.2, 0.25) is 0 Å². The highest BCUT2D eigenvalue weighted by atomic mass is 15.0. The van der Waals surface area contributed by atoms with Gasteiger partial charge in [-0.2, -0.15) is 0 Å². The van der Waals surface area contributed by atoms with Crippen LogP contribution < -0.4 is 0 Å². The van der Waals surface area contributed by atoms with Crippen LogP contribution in [0, 0.1) is 13.8 Å². The van der Waals surface area contributed by atoms with Crippen LogP contribution in [0.5, 0.6) is 0 Å². The number of benzene rings is 1. The van der Waals surface area contributed by atoms with Crippen LogP contribution in [-0.4, -0.2) is 4.57 Å². The molecule has 0 unspecified atom stereocenters. The van der Waals surface area contributed by atoms with Gasteiger partial charge in [0.15, 0.2) is 0 Å². The van der Waals surface area contributed by atoms with E-state index in [2.05, 4.69) is 87.7 Å². The van der Waals surface area contributed by atoms with E-state index in [1.54, 1.807) is 0 Å². The lowest BCUT2D eigenvalue weighted by atomic mass is 9.84. The predicted octanol–water partition coefficient (Wildman–Crippen LogP) is 4.94. The Morgan fingerprint density at radius 1 is 0.947 bits per heavy atom. The molecule has 0 fully saturated rings. The second kappa shape index (κ2) is 5.08. The number of aryl methyl sites for hydroxylation is 2. The lowest BCUT2D eigenvalue weighted by molar-refractivity contribution is 0.666. The van der Waals surface area contributed by atoms with Gasteiger partial charge in [-0.1, -0.05) is 50.3 Å². The van der Waals surface area contributed by atoms with Gasteiger partial charge in [-0.25, -0.2) is 0 Å². The third-order valence-electron chi connectivity index (χ3n) is 3.71. The summed E-state index contributed by atoms with van der Waals surface area (Å²) in [6.45, 7) is 11.0. The smallest absolute Gasteiger partial charge is 0.0195 e. The van der Waals surface area contributed by atoms with E-state index in [0.717, 1.165) is 0 Å². The molecule has 2 rings (SSSR count). The van der Waals surface area contributed by atoms with Crippen molar-refractivity contribution in [3.8, 4) is 0 Å². The maximum absolute atomic E-state index is 2.35. The second-order valence-electron chi connectivity index (χ2n) is 5.82. The summed E-state index contributed by atoms with van der Waals surface area (Å²) in [4.78, 5) is 0. The van der Waals surface area contributed by atoms with Gasteiger partial charge in [0, 0.05) is 22.5 Å². The fourth-order valence-electron chi connectivity index (χ4n) is 2.76. The highest BCUT2D eigenvalue weighted by Crippen LogP contribution is 2.28. The van der Waals surface area contributed by atoms with Crippen LogP contribution in [0.4, 0.5) is 0 Å². The summed E-state index contributed by atoms with van der Waals surface area (Å²) in [6, 6.07) is 15.0. The minimum Gasteiger partial charge on any atom is -0.323 e. The Morgan fingerprint density at radius 2 is 1.47 bits per heavy atom. The van der Waals surface area contributed by atoms with Crippen molar-refractivity contribution in [3.63, 3.8) is 0 Å². The molecule has 19 heavy (non-hydrogen) atoms. The van der Waals surface area contributed by atoms with E-state index < -0.39 is 0 Å². The first-order valence-corrected chi connectivity index (χ1v) is 6.82. The van der Waals surface area contributed by atoms with Gasteiger partial charge in [0.05, 0.1) is 0 Å². The molecule has 1 aromatic carbocycles. The van der Waals surface area contributed by atoms with Gasteiger partial charge >= 0.3 is 0 Å². The summed E-state index contributed by atoms with van der Waals surface area (Å²) in [6.07, 6.45) is 2.35. The summed E-state index contributed by atoms with van der Waals surface area (Å²) < 4.78 is 2.31. The SMILES string of the molecule is C/C(=C/C(C)(C)c1ccccc1)n1c(C)ccc1C. The first kappa shape index (κ1) is 13.7. The normalized spacial score (nSPS) is 12.8. The molecule has 0 atom stereocenters. The summed E-state index contributed by atoms with van der Waals surface area (Å²) in [5.74, 6) is 0. The molecular weight excluding hydrogens is 230 g/mol. The molecule has 0 aliphatic rings. The first-order valence-electron chi connectivity index (χ1n) is 6.82. The van der Waals surface area contributed by atoms with Crippen molar-refractivity contribution >= 4 is 5.70 Å². The van der Waals surface area contributed by atoms with E-state index >= 15 is 0 Å². The fraction of sp³-hybridized carbons (Fsp3) is 0.333. The Labute approximate surface area is 116 Å². The van der Waals surface area contributed by atoms with Crippen molar-refractivity contribution in [1.82, 2.24) is 4.57 Å². The molecule has 0 N–H and O–H groups in total. The molecule has 0 aliphatic carbocycles. The predicted molar refractivity (Wildman–Crippen MR) is 83.3 cm³/mol. The third-order valence-corrected chi connectivity index (χ3v) is 3.71. The molecule has 0 saturated heterocycles. The molecule has 0 bridgehead atoms. The molecule has 2 aromatic rings. The Balaban J connectivity index is 2.41. The van der Waals surface area contributed by atoms with E-state index in [4.69, 9.17) is 0 Å². The third kappa shape index (κ3) is 2.81. The van der Waals surface area contributed by atoms with Crippen LogP contribution in [0.25, 0.3) is 5.70 Å². The van der Waals surface area contributed by atoms with Crippen molar-refractivity contribution in [2.75, 3.05) is 0 Å². The van der Waals surface area contributed by atoms with Gasteiger partial charge in [-0.3, -0.25) is 0 Å². The van der Waals surface area contributed by atoms with Gasteiger partial charge in [0.2, 0.25) is 0 Å². The van der Waals surface area contributed by atoms with Crippen LogP contribution in [0.15, 0.2) is 48.5 Å². The number of nitrogens with zero attached hydrogens (tertiary/aromatic N) is 1. The zero-order chi connectivity index (χ0) is 14.0. The number of allylic oxidation sites excluding steroid dienone is 2. The Bertz CT molecular complexity index is 566. The minimum absolute atomic E-state index is 0.0362. The van der Waals surface area contributed by atoms with Crippen molar-refractivity contribution in [3.05, 3.63) is 65.5 Å². The molecule has 0 aliphatic heterocycles. The van der Waals surface area contributed by atoms with Gasteiger partial charge in [-0.15, -0.1) is 0 Å². The van der Waals surface area contributed by atoms with Crippen LogP contribution in [-0.2, 0) is 5.41 Å². The molecule has 0 amide bonds. The standard InChI is InChI=1S/C18H23N/c1-14-11-12-15(2)19(14)16(3)13-18(4,5)17-9-7-6-8-10-17/h6-13H,1-5H3/b16-13-. The molecule has 0 radical (unpaired) electrons. The number of rotatable bonds is 3. The van der Waals surface area contributed by atoms with E-state index in [1.807, 2.05) is 0 Å². The zero-order valence-corrected chi connectivity index (χ0v) is 12.6. The van der Waals surface area contributed by atoms with Crippen LogP contribution >= 0.6 is 0 Å². The summed E-state index contributed by atoms with van der Waals surface area (Å²) in [5, 5.41) is 0. The topological polar surface area (TPSA) is 4.93 Å². The van der Waals surface area contributed by atoms with Gasteiger partial charge in [-0.05, 0) is 38.5 Å². The highest BCUT2D eigenvalue weighted by molar-refractivity contribution is 5.50. The fourth-order valence-corrected chi connectivity index (χ4v) is 2.76. The molecule has 1 aromatic heterocycles. The lowest BCUT2D eigenvalue weighted by Gasteiger charge is -2.23. The largest absolute Gasteiger partial charge is 0.323 e. The number of hydrogen-bond donors (Lipinski definition) is 0. The first-order chi connectivity index (χ1) is 8.92. The summed E-state index contributed by atoms with van der Waals surface area (Å²) >= 11 is 0. The summed E-state index contributed by atoms with van der Waals surface area (Å²) in [7, 11) is 0. The molecule has 100 valence electrons. The van der Waals surface area contributed by atoms with Crippen molar-refractivity contribution < 1.29 is 0 Å². The maximum Gasteiger partial charge on any atom is 0.0195 e. The van der Waals surface area contributed by atoms with Crippen molar-refractivity contribution in [1.29, 1.82) is 0 Å². The van der Waals surface area contributed by atoms with E-state index in [-0.39, 0.29) is 5.41 Å². The van der Waals surface area contributed by atoms with Gasteiger partial charge in [0.25, 0.3) is 0 Å². The summed E-state index contributed by atoms with van der Waals surface area (Å²) in [5.41, 5.74) is 5.24. The highest BCUT2D eigenvalue weighted by Gasteiger charge is 2.18. The average Bonchev–Trinajstić information content (AvgIpc) is 2.69. The molecule has 0 saturated carbocycles. The van der Waals surface area contributed by atoms with E-state index in [9.17, 15) is 0 Å². The van der Waals surface area contributed by atoms with Crippen molar-refractivity contribution in [2.45, 2.75) is 40.0 Å². The van der Waals surface area contributed by atoms with E-state index in [0.29, 0.717) is 0 Å². The maximum atomic E-state index is 2.35. The second-order valence-corrected chi connectivity index (χ2v) is 5.82. The number of hydrogen-bond acceptors (Lipinski definition) is 0. The van der Waals surface area contributed by atoms with Crippen molar-refractivity contribution in [2.24, 2.45) is 0 Å². The Kier molecular flexibility index (Phi) is 3.66. The van der Waals surface area contributed by atoms with E-state index in [1.165, 1.54) is 22.6 Å². The van der Waals surface area contributed by atoms with Gasteiger partial charge < -0.3 is 4.57 Å². The monoisotopic (exact) mass is 253 g/mol. The molecule has 0 spiro atoms.